The number of carbonyl (C=O) groups excluding carboxylic acids is 3. The summed E-state index contributed by atoms with van der Waals surface area (Å²) in [5.41, 5.74) is 19.6. The van der Waals surface area contributed by atoms with Gasteiger partial charge >= 0.3 is 0 Å². The van der Waals surface area contributed by atoms with Gasteiger partial charge in [-0.2, -0.15) is 0 Å². The fourth-order valence-corrected chi connectivity index (χ4v) is 23.3. The summed E-state index contributed by atoms with van der Waals surface area (Å²) in [7, 11) is -12.6. The molecular weight excluding hydrogens is 1750 g/mol. The van der Waals surface area contributed by atoms with E-state index in [1.54, 1.807) is 147 Å². The number of nitrogens with two attached hydrogens (primary N) is 1. The Morgan fingerprint density at radius 1 is 0.384 bits per heavy atom. The summed E-state index contributed by atoms with van der Waals surface area (Å²) in [5.74, 6) is -1.01. The zero-order valence-corrected chi connectivity index (χ0v) is 72.6. The lowest BCUT2D eigenvalue weighted by atomic mass is 9.99. The van der Waals surface area contributed by atoms with Crippen molar-refractivity contribution in [2.45, 2.75) is 43.7 Å². The van der Waals surface area contributed by atoms with Gasteiger partial charge in [-0.25, -0.2) is 42.1 Å². The van der Waals surface area contributed by atoms with Crippen molar-refractivity contribution in [3.63, 3.8) is 0 Å². The molecule has 1 saturated heterocycles. The summed E-state index contributed by atoms with van der Waals surface area (Å²) in [6, 6.07) is 61.6. The zero-order chi connectivity index (χ0) is 87.4. The number of nitrogens with zero attached hydrogens (tertiary/aromatic N) is 7. The number of likely N-dealkylation sites (tertiary alicyclic amines) is 1. The molecule has 21 rings (SSSR count). The normalized spacial score (nSPS) is 15.3. The van der Waals surface area contributed by atoms with Gasteiger partial charge in [0.1, 0.15) is 0 Å². The highest BCUT2D eigenvalue weighted by Crippen LogP contribution is 2.50. The lowest BCUT2D eigenvalue weighted by Gasteiger charge is -2.26. The summed E-state index contributed by atoms with van der Waals surface area (Å²) in [5, 5.41) is 12.5. The van der Waals surface area contributed by atoms with Crippen LogP contribution in [0, 0.1) is 0 Å². The Labute approximate surface area is 727 Å². The van der Waals surface area contributed by atoms with Crippen molar-refractivity contribution in [1.82, 2.24) is 45.4 Å². The Morgan fingerprint density at radius 3 is 1.14 bits per heavy atom. The third kappa shape index (κ3) is 16.0. The van der Waals surface area contributed by atoms with Crippen molar-refractivity contribution < 1.29 is 56.5 Å². The van der Waals surface area contributed by atoms with Crippen molar-refractivity contribution in [2.75, 3.05) is 89.3 Å². The monoisotopic (exact) mass is 1830 g/mol. The number of primary amides is 1. The topological polar surface area (TPSA) is 415 Å². The van der Waals surface area contributed by atoms with Gasteiger partial charge in [0.05, 0.1) is 97.2 Å². The van der Waals surface area contributed by atoms with Crippen LogP contribution in [-0.2, 0) is 50.1 Å². The van der Waals surface area contributed by atoms with Gasteiger partial charge in [-0.05, 0) is 119 Å². The average Bonchev–Trinajstić information content (AvgIpc) is 0.749. The molecule has 0 saturated carbocycles. The van der Waals surface area contributed by atoms with Crippen LogP contribution >= 0.6 is 15.9 Å². The number of halogens is 1. The minimum Gasteiger partial charge on any atom is -0.383 e. The number of anilines is 6. The number of fused-ring (bicyclic) bond motifs is 25. The first-order valence-corrected chi connectivity index (χ1v) is 47.6. The summed E-state index contributed by atoms with van der Waals surface area (Å²) in [4.78, 5) is 64.0. The molecule has 0 aliphatic carbocycles. The standard InChI is InChI=1S/C23H24N4O3S.C19H20N4O2S.C17H13N3O3S.C16H11N3O3S.C15H9BrN2O2S/c28-23(25-12-15-27-13-4-1-5-14-27)19-10-11-24-21-18(19)9-8-17-16-6-2-3-7-20(16)31(29,30)26-22(17)21;1-23(2)11-10-20-16-12-15-13-6-3-4-8-17(13)26(24,25)22-19(15)18-14(16)7-5-9-21-18;1-18-17(21)13-8-9-19-15-12(13)7-6-11-10-4-2-3-5-14(10)24(22,23)20-16(11)15;17-16(20)12-7-8-18-14-11(12)6-5-10-9-3-1-2-4-13(9)23(21,22)19-15(10)14;16-12-8-11-9-4-1-2-6-13(9)21(19,20)18-15(11)14-10(12)5-3-7-17-14/h2-3,6-11,26H,1,4-5,12-15H2,(H,25,28);3-9,12,20,22H,10-11H2,1-2H3;2-9,20H,1H3,(H,18,21);1-8,19H,(H2,17,20);1-8,18H. The van der Waals surface area contributed by atoms with Gasteiger partial charge in [-0.1, -0.05) is 156 Å². The number of benzene rings is 10. The van der Waals surface area contributed by atoms with Crippen molar-refractivity contribution in [3.05, 3.63) is 264 Å². The first-order valence-electron chi connectivity index (χ1n) is 39.4. The van der Waals surface area contributed by atoms with Gasteiger partial charge < -0.3 is 31.5 Å². The van der Waals surface area contributed by atoms with E-state index in [0.29, 0.717) is 133 Å². The smallest absolute Gasteiger partial charge is 0.262 e. The second-order valence-corrected chi connectivity index (χ2v) is 39.1. The molecular formula is C90H77BrN16O13S5. The molecule has 5 aromatic heterocycles. The van der Waals surface area contributed by atoms with Crippen LogP contribution in [0.15, 0.2) is 272 Å². The lowest BCUT2D eigenvalue weighted by Crippen LogP contribution is -2.37. The van der Waals surface area contributed by atoms with Crippen molar-refractivity contribution >= 4 is 172 Å². The molecule has 29 nitrogen and oxygen atoms in total. The van der Waals surface area contributed by atoms with Crippen LogP contribution in [0.3, 0.4) is 0 Å². The van der Waals surface area contributed by atoms with Crippen molar-refractivity contribution in [2.24, 2.45) is 5.73 Å². The second-order valence-electron chi connectivity index (χ2n) is 30.0. The van der Waals surface area contributed by atoms with Gasteiger partial charge in [0.2, 0.25) is 5.91 Å². The Morgan fingerprint density at radius 2 is 0.728 bits per heavy atom. The predicted octanol–water partition coefficient (Wildman–Crippen LogP) is 14.5. The van der Waals surface area contributed by atoms with E-state index in [4.69, 9.17) is 5.73 Å². The van der Waals surface area contributed by atoms with E-state index in [1.807, 2.05) is 99.0 Å². The van der Waals surface area contributed by atoms with Crippen LogP contribution in [0.2, 0.25) is 0 Å². The maximum Gasteiger partial charge on any atom is 0.262 e. The number of likely N-dealkylation sites (N-methyl/N-ethyl adjacent to an activating group) is 1. The maximum atomic E-state index is 12.9. The number of pyridine rings is 5. The van der Waals surface area contributed by atoms with E-state index in [9.17, 15) is 56.5 Å². The van der Waals surface area contributed by atoms with Crippen LogP contribution in [0.1, 0.15) is 50.3 Å². The number of hydrogen-bond donors (Lipinski definition) is 9. The molecule has 3 amide bonds. The molecule has 0 spiro atoms. The van der Waals surface area contributed by atoms with Gasteiger partial charge in [0.25, 0.3) is 61.9 Å². The van der Waals surface area contributed by atoms with Crippen molar-refractivity contribution in [1.29, 1.82) is 0 Å². The molecule has 15 aromatic rings. The number of rotatable bonds is 10. The van der Waals surface area contributed by atoms with Gasteiger partial charge in [0, 0.05) is 157 Å². The zero-order valence-electron chi connectivity index (χ0n) is 66.9. The molecule has 11 heterocycles. The lowest BCUT2D eigenvalue weighted by molar-refractivity contribution is 0.0944. The van der Waals surface area contributed by atoms with Gasteiger partial charge in [-0.3, -0.25) is 62.9 Å². The van der Waals surface area contributed by atoms with Crippen molar-refractivity contribution in [3.8, 4) is 55.6 Å². The maximum absolute atomic E-state index is 12.9. The molecule has 6 aliphatic rings. The van der Waals surface area contributed by atoms with E-state index in [-0.39, 0.29) is 26.5 Å². The van der Waals surface area contributed by atoms with E-state index in [0.717, 1.165) is 81.5 Å². The molecule has 10 N–H and O–H groups in total. The first kappa shape index (κ1) is 83.9. The Balaban J connectivity index is 0.000000111. The number of piperidine rings is 1. The summed E-state index contributed by atoms with van der Waals surface area (Å²) in [6.45, 7) is 5.25. The predicted molar refractivity (Wildman–Crippen MR) is 489 cm³/mol. The summed E-state index contributed by atoms with van der Waals surface area (Å²) >= 11 is 3.54. The molecule has 0 unspecified atom stereocenters. The van der Waals surface area contributed by atoms with Crippen LogP contribution in [0.25, 0.3) is 110 Å². The molecule has 0 radical (unpaired) electrons. The second kappa shape index (κ2) is 33.7. The molecule has 125 heavy (non-hydrogen) atoms. The molecule has 632 valence electrons. The fourth-order valence-electron chi connectivity index (χ4n) is 16.2. The summed E-state index contributed by atoms with van der Waals surface area (Å²) < 4.78 is 140. The number of aromatic nitrogens is 5. The Hall–Kier alpha value is -13.4. The summed E-state index contributed by atoms with van der Waals surface area (Å²) in [6.07, 6.45) is 11.5. The van der Waals surface area contributed by atoms with E-state index < -0.39 is 56.0 Å². The molecule has 0 atom stereocenters. The van der Waals surface area contributed by atoms with Crippen LogP contribution in [0.5, 0.6) is 0 Å². The third-order valence-electron chi connectivity index (χ3n) is 22.0. The van der Waals surface area contributed by atoms with Crippen LogP contribution in [-0.4, -0.2) is 155 Å². The molecule has 0 bridgehead atoms. The quantitative estimate of drug-likeness (QED) is 0.0614. The largest absolute Gasteiger partial charge is 0.383 e. The molecule has 10 aromatic carbocycles. The average molecular weight is 1830 g/mol. The fraction of sp³-hybridized carbons (Fsp3) is 0.133. The number of sulfonamides is 5. The minimum atomic E-state index is -3.70. The highest BCUT2D eigenvalue weighted by atomic mass is 79.9. The van der Waals surface area contributed by atoms with Crippen LogP contribution < -0.4 is 45.3 Å². The number of hydrogen-bond acceptors (Lipinski definition) is 21. The molecule has 6 aliphatic heterocycles. The van der Waals surface area contributed by atoms with E-state index in [1.165, 1.54) is 37.7 Å². The van der Waals surface area contributed by atoms with Crippen LogP contribution in [0.4, 0.5) is 34.1 Å². The van der Waals surface area contributed by atoms with E-state index in [2.05, 4.69) is 90.2 Å². The highest BCUT2D eigenvalue weighted by Gasteiger charge is 2.36. The molecule has 1 fully saturated rings. The van der Waals surface area contributed by atoms with Gasteiger partial charge in [-0.15, -0.1) is 0 Å². The first-order chi connectivity index (χ1) is 60.1. The Bertz CT molecular complexity index is 7640. The SMILES string of the molecule is CN(C)CCNc1cc2c(c3ncccc13)NS(=O)(=O)c1ccccc1-2.CNC(=O)c1ccnc2c3c(ccc12)-c1ccccc1S(=O)(=O)N3.NC(=O)c1ccnc2c3c(ccc12)-c1ccccc1S(=O)(=O)N3.O=C(NCCN1CCCCC1)c1ccnc2c3c(ccc12)-c1ccccc1S(=O)(=O)N3.O=S1(=O)Nc2c(cc(Br)c3cccnc23)-c2ccccc21. The van der Waals surface area contributed by atoms with Gasteiger partial charge in [0.15, 0.2) is 0 Å². The Kier molecular flexibility index (Phi) is 22.6. The number of amides is 3. The number of carbonyl (C=O) groups is 3. The minimum absolute atomic E-state index is 0.177. The highest BCUT2D eigenvalue weighted by molar-refractivity contribution is 9.10. The third-order valence-corrected chi connectivity index (χ3v) is 29.7. The van der Waals surface area contributed by atoms with E-state index >= 15 is 0 Å². The molecule has 35 heteroatoms. The number of nitrogens with one attached hydrogen (secondary N) is 8.